The highest BCUT2D eigenvalue weighted by molar-refractivity contribution is 9.09. The topological polar surface area (TPSA) is 29.1 Å². The minimum absolute atomic E-state index is 0.215. The third-order valence-electron chi connectivity index (χ3n) is 3.46. The van der Waals surface area contributed by atoms with Crippen molar-refractivity contribution in [3.8, 4) is 0 Å². The van der Waals surface area contributed by atoms with Crippen LogP contribution < -0.4 is 5.32 Å². The first-order valence-electron chi connectivity index (χ1n) is 6.68. The van der Waals surface area contributed by atoms with Crippen LogP contribution in [0.3, 0.4) is 0 Å². The fourth-order valence-electron chi connectivity index (χ4n) is 2.09. The summed E-state index contributed by atoms with van der Waals surface area (Å²) < 4.78 is 13.2. The van der Waals surface area contributed by atoms with Gasteiger partial charge in [0.15, 0.2) is 0 Å². The Labute approximate surface area is 122 Å². The highest BCUT2D eigenvalue weighted by atomic mass is 79.9. The number of nitrogens with one attached hydrogen (secondary N) is 1. The second kappa shape index (κ2) is 7.63. The van der Waals surface area contributed by atoms with E-state index in [-0.39, 0.29) is 16.6 Å². The molecular weight excluding hydrogens is 309 g/mol. The molecule has 1 N–H and O–H groups in total. The van der Waals surface area contributed by atoms with Crippen LogP contribution in [0, 0.1) is 18.7 Å². The molecule has 0 spiro atoms. The molecule has 0 fully saturated rings. The summed E-state index contributed by atoms with van der Waals surface area (Å²) in [5, 5.41) is 2.86. The summed E-state index contributed by atoms with van der Waals surface area (Å²) in [6, 6.07) is 4.27. The van der Waals surface area contributed by atoms with Crippen LogP contribution in [0.15, 0.2) is 18.2 Å². The van der Waals surface area contributed by atoms with Crippen LogP contribution in [0.1, 0.15) is 42.6 Å². The molecule has 1 amide bonds. The minimum atomic E-state index is -0.383. The summed E-state index contributed by atoms with van der Waals surface area (Å²) >= 11 is 3.61. The molecule has 0 aromatic heterocycles. The molecule has 4 heteroatoms. The van der Waals surface area contributed by atoms with Crippen molar-refractivity contribution in [3.63, 3.8) is 0 Å². The van der Waals surface area contributed by atoms with E-state index in [4.69, 9.17) is 0 Å². The summed E-state index contributed by atoms with van der Waals surface area (Å²) in [4.78, 5) is 12.3. The van der Waals surface area contributed by atoms with Crippen molar-refractivity contribution in [1.29, 1.82) is 0 Å². The summed E-state index contributed by atoms with van der Waals surface area (Å²) in [5.41, 5.74) is 1.19. The molecule has 0 heterocycles. The van der Waals surface area contributed by atoms with Crippen LogP contribution in [0.2, 0.25) is 0 Å². The maximum Gasteiger partial charge on any atom is 0.251 e. The number of aryl methyl sites for hydroxylation is 1. The zero-order valence-electron chi connectivity index (χ0n) is 11.7. The maximum absolute atomic E-state index is 13.2. The molecule has 0 bridgehead atoms. The van der Waals surface area contributed by atoms with Gasteiger partial charge in [-0.05, 0) is 30.5 Å². The summed E-state index contributed by atoms with van der Waals surface area (Å²) in [7, 11) is 0. The molecule has 106 valence electrons. The second-order valence-electron chi connectivity index (χ2n) is 4.76. The van der Waals surface area contributed by atoms with Crippen LogP contribution in [0.4, 0.5) is 4.39 Å². The lowest BCUT2D eigenvalue weighted by molar-refractivity contribution is 0.0951. The predicted molar refractivity (Wildman–Crippen MR) is 80.3 cm³/mol. The van der Waals surface area contributed by atoms with E-state index in [9.17, 15) is 9.18 Å². The van der Waals surface area contributed by atoms with Gasteiger partial charge in [0.1, 0.15) is 5.82 Å². The average Bonchev–Trinajstić information content (AvgIpc) is 2.40. The number of benzene rings is 1. The van der Waals surface area contributed by atoms with Gasteiger partial charge in [-0.3, -0.25) is 4.79 Å². The fourth-order valence-corrected chi connectivity index (χ4v) is 3.00. The van der Waals surface area contributed by atoms with E-state index in [2.05, 4.69) is 35.1 Å². The van der Waals surface area contributed by atoms with Crippen molar-refractivity contribution >= 4 is 21.8 Å². The number of hydrogen-bond acceptors (Lipinski definition) is 1. The van der Waals surface area contributed by atoms with E-state index in [1.165, 1.54) is 12.1 Å². The molecule has 1 unspecified atom stereocenters. The van der Waals surface area contributed by atoms with Gasteiger partial charge in [-0.25, -0.2) is 4.39 Å². The van der Waals surface area contributed by atoms with Crippen molar-refractivity contribution < 1.29 is 9.18 Å². The molecule has 0 saturated carbocycles. The van der Waals surface area contributed by atoms with Gasteiger partial charge in [0.05, 0.1) is 0 Å². The van der Waals surface area contributed by atoms with E-state index in [1.54, 1.807) is 13.0 Å². The lowest BCUT2D eigenvalue weighted by atomic mass is 9.99. The van der Waals surface area contributed by atoms with Crippen molar-refractivity contribution in [2.24, 2.45) is 5.92 Å². The first-order chi connectivity index (χ1) is 8.99. The van der Waals surface area contributed by atoms with Crippen molar-refractivity contribution in [2.45, 2.75) is 38.4 Å². The highest BCUT2D eigenvalue weighted by Gasteiger charge is 2.17. The minimum Gasteiger partial charge on any atom is -0.351 e. The fraction of sp³-hybridized carbons (Fsp3) is 0.533. The van der Waals surface area contributed by atoms with Crippen LogP contribution in [0.5, 0.6) is 0 Å². The molecule has 0 aliphatic rings. The Kier molecular flexibility index (Phi) is 6.49. The second-order valence-corrected chi connectivity index (χ2v) is 5.94. The van der Waals surface area contributed by atoms with Gasteiger partial charge in [0.25, 0.3) is 5.91 Å². The third-order valence-corrected chi connectivity index (χ3v) is 4.53. The Morgan fingerprint density at radius 1 is 1.37 bits per heavy atom. The molecular formula is C15H21BrFNO. The molecule has 1 aromatic carbocycles. The summed E-state index contributed by atoms with van der Waals surface area (Å²) in [6.07, 6.45) is 2.14. The van der Waals surface area contributed by atoms with E-state index in [0.29, 0.717) is 18.0 Å². The molecule has 1 rings (SSSR count). The normalized spacial score (nSPS) is 12.5. The van der Waals surface area contributed by atoms with E-state index in [1.807, 2.05) is 0 Å². The van der Waals surface area contributed by atoms with Gasteiger partial charge in [-0.1, -0.05) is 48.7 Å². The molecule has 2 nitrogen and oxygen atoms in total. The van der Waals surface area contributed by atoms with Gasteiger partial charge < -0.3 is 5.32 Å². The summed E-state index contributed by atoms with van der Waals surface area (Å²) in [5.74, 6) is -0.0625. The first-order valence-corrected chi connectivity index (χ1v) is 7.59. The number of hydrogen-bond donors (Lipinski definition) is 1. The standard InChI is InChI=1S/C15H21BrFNO/c1-4-11(5-2)14(16)9-18-15(19)13-8-12(17)7-6-10(13)3/h6-8,11,14H,4-5,9H2,1-3H3,(H,18,19). The molecule has 0 aliphatic heterocycles. The van der Waals surface area contributed by atoms with Crippen LogP contribution in [-0.4, -0.2) is 17.3 Å². The number of halogens is 2. The average molecular weight is 330 g/mol. The van der Waals surface area contributed by atoms with Crippen LogP contribution >= 0.6 is 15.9 Å². The number of alkyl halides is 1. The predicted octanol–water partition coefficient (Wildman–Crippen LogP) is 4.06. The SMILES string of the molecule is CCC(CC)C(Br)CNC(=O)c1cc(F)ccc1C. The molecule has 0 saturated heterocycles. The van der Waals surface area contributed by atoms with Gasteiger partial charge in [-0.15, -0.1) is 0 Å². The van der Waals surface area contributed by atoms with E-state index < -0.39 is 0 Å². The number of rotatable bonds is 6. The molecule has 19 heavy (non-hydrogen) atoms. The van der Waals surface area contributed by atoms with E-state index in [0.717, 1.165) is 18.4 Å². The number of carbonyl (C=O) groups excluding carboxylic acids is 1. The Balaban J connectivity index is 2.63. The monoisotopic (exact) mass is 329 g/mol. The highest BCUT2D eigenvalue weighted by Crippen LogP contribution is 2.19. The third kappa shape index (κ3) is 4.60. The van der Waals surface area contributed by atoms with Crippen molar-refractivity contribution in [2.75, 3.05) is 6.54 Å². The van der Waals surface area contributed by atoms with Gasteiger partial charge in [-0.2, -0.15) is 0 Å². The van der Waals surface area contributed by atoms with E-state index >= 15 is 0 Å². The Hall–Kier alpha value is -0.900. The van der Waals surface area contributed by atoms with Crippen molar-refractivity contribution in [1.82, 2.24) is 5.32 Å². The van der Waals surface area contributed by atoms with Crippen LogP contribution in [0.25, 0.3) is 0 Å². The van der Waals surface area contributed by atoms with Gasteiger partial charge in [0, 0.05) is 16.9 Å². The largest absolute Gasteiger partial charge is 0.351 e. The lowest BCUT2D eigenvalue weighted by Gasteiger charge is -2.20. The Morgan fingerprint density at radius 3 is 2.58 bits per heavy atom. The van der Waals surface area contributed by atoms with Gasteiger partial charge >= 0.3 is 0 Å². The van der Waals surface area contributed by atoms with Crippen molar-refractivity contribution in [3.05, 3.63) is 35.1 Å². The zero-order chi connectivity index (χ0) is 14.4. The quantitative estimate of drug-likeness (QED) is 0.783. The maximum atomic E-state index is 13.2. The zero-order valence-corrected chi connectivity index (χ0v) is 13.3. The molecule has 0 aliphatic carbocycles. The number of amides is 1. The Bertz CT molecular complexity index is 432. The first kappa shape index (κ1) is 16.2. The molecule has 1 aromatic rings. The smallest absolute Gasteiger partial charge is 0.251 e. The number of carbonyl (C=O) groups is 1. The lowest BCUT2D eigenvalue weighted by Crippen LogP contribution is -2.33. The van der Waals surface area contributed by atoms with Crippen LogP contribution in [-0.2, 0) is 0 Å². The van der Waals surface area contributed by atoms with Gasteiger partial charge in [0.2, 0.25) is 0 Å². The summed E-state index contributed by atoms with van der Waals surface area (Å²) in [6.45, 7) is 6.64. The molecule has 1 atom stereocenters. The molecule has 0 radical (unpaired) electrons. The Morgan fingerprint density at radius 2 is 2.00 bits per heavy atom.